The van der Waals surface area contributed by atoms with Gasteiger partial charge >= 0.3 is 0 Å². The van der Waals surface area contributed by atoms with Gasteiger partial charge in [0.15, 0.2) is 0 Å². The van der Waals surface area contributed by atoms with Gasteiger partial charge < -0.3 is 19.7 Å². The van der Waals surface area contributed by atoms with Crippen LogP contribution in [0.5, 0.6) is 5.75 Å². The molecule has 2 aliphatic heterocycles. The standard InChI is InChI=1S/C20H24N2O2/c1-2-4-20-18(3-1)19(9-12-24-20)21-15-16-5-7-17(8-6-16)22-10-13-23-14-11-22/h1-8,19,21H,9-15H2/t19-/m0/s1. The number of nitrogens with zero attached hydrogens (tertiary/aromatic N) is 1. The van der Waals surface area contributed by atoms with Gasteiger partial charge in [-0.1, -0.05) is 30.3 Å². The number of anilines is 1. The number of benzene rings is 2. The Kier molecular flexibility index (Phi) is 4.67. The third-order valence-electron chi connectivity index (χ3n) is 4.82. The van der Waals surface area contributed by atoms with Crippen LogP contribution in [0.3, 0.4) is 0 Å². The molecule has 4 rings (SSSR count). The average Bonchev–Trinajstić information content (AvgIpc) is 2.67. The van der Waals surface area contributed by atoms with Crippen molar-refractivity contribution in [3.63, 3.8) is 0 Å². The molecule has 1 saturated heterocycles. The number of hydrogen-bond acceptors (Lipinski definition) is 4. The minimum absolute atomic E-state index is 0.369. The third kappa shape index (κ3) is 3.40. The summed E-state index contributed by atoms with van der Waals surface area (Å²) in [5, 5.41) is 3.68. The van der Waals surface area contributed by atoms with Crippen LogP contribution >= 0.6 is 0 Å². The number of morpholine rings is 1. The van der Waals surface area contributed by atoms with Gasteiger partial charge in [0.2, 0.25) is 0 Å². The van der Waals surface area contributed by atoms with Crippen LogP contribution < -0.4 is 15.0 Å². The lowest BCUT2D eigenvalue weighted by atomic mass is 10.0. The number of hydrogen-bond donors (Lipinski definition) is 1. The Morgan fingerprint density at radius 2 is 1.75 bits per heavy atom. The molecule has 0 aliphatic carbocycles. The van der Waals surface area contributed by atoms with Crippen molar-refractivity contribution in [1.29, 1.82) is 0 Å². The van der Waals surface area contributed by atoms with Crippen LogP contribution in [0.25, 0.3) is 0 Å². The highest BCUT2D eigenvalue weighted by molar-refractivity contribution is 5.48. The Balaban J connectivity index is 1.38. The molecule has 1 fully saturated rings. The maximum Gasteiger partial charge on any atom is 0.124 e. The van der Waals surface area contributed by atoms with E-state index in [0.29, 0.717) is 6.04 Å². The lowest BCUT2D eigenvalue weighted by Crippen LogP contribution is -2.36. The lowest BCUT2D eigenvalue weighted by Gasteiger charge is -2.29. The van der Waals surface area contributed by atoms with Crippen molar-refractivity contribution < 1.29 is 9.47 Å². The molecular weight excluding hydrogens is 300 g/mol. The van der Waals surface area contributed by atoms with Gasteiger partial charge in [-0.25, -0.2) is 0 Å². The largest absolute Gasteiger partial charge is 0.493 e. The van der Waals surface area contributed by atoms with Gasteiger partial charge in [-0.15, -0.1) is 0 Å². The minimum atomic E-state index is 0.369. The number of fused-ring (bicyclic) bond motifs is 1. The fourth-order valence-corrected chi connectivity index (χ4v) is 3.44. The maximum absolute atomic E-state index is 5.73. The van der Waals surface area contributed by atoms with E-state index >= 15 is 0 Å². The first-order valence-corrected chi connectivity index (χ1v) is 8.77. The van der Waals surface area contributed by atoms with Gasteiger partial charge in [0.05, 0.1) is 19.8 Å². The Labute approximate surface area is 143 Å². The third-order valence-corrected chi connectivity index (χ3v) is 4.82. The summed E-state index contributed by atoms with van der Waals surface area (Å²) in [5.74, 6) is 1.02. The van der Waals surface area contributed by atoms with Crippen molar-refractivity contribution in [3.05, 3.63) is 59.7 Å². The summed E-state index contributed by atoms with van der Waals surface area (Å²) >= 11 is 0. The van der Waals surface area contributed by atoms with E-state index in [2.05, 4.69) is 52.7 Å². The Morgan fingerprint density at radius 3 is 2.58 bits per heavy atom. The quantitative estimate of drug-likeness (QED) is 0.937. The van der Waals surface area contributed by atoms with Crippen LogP contribution in [0.1, 0.15) is 23.6 Å². The highest BCUT2D eigenvalue weighted by atomic mass is 16.5. The molecule has 2 aromatic carbocycles. The van der Waals surface area contributed by atoms with E-state index in [9.17, 15) is 0 Å². The van der Waals surface area contributed by atoms with Crippen molar-refractivity contribution in [1.82, 2.24) is 5.32 Å². The van der Waals surface area contributed by atoms with Crippen LogP contribution in [0.15, 0.2) is 48.5 Å². The second kappa shape index (κ2) is 7.24. The highest BCUT2D eigenvalue weighted by Gasteiger charge is 2.20. The topological polar surface area (TPSA) is 33.7 Å². The average molecular weight is 324 g/mol. The predicted molar refractivity (Wildman–Crippen MR) is 95.6 cm³/mol. The molecule has 2 aromatic rings. The molecule has 1 N–H and O–H groups in total. The summed E-state index contributed by atoms with van der Waals surface area (Å²) in [5.41, 5.74) is 3.88. The second-order valence-corrected chi connectivity index (χ2v) is 6.37. The van der Waals surface area contributed by atoms with Gasteiger partial charge in [-0.05, 0) is 23.8 Å². The molecule has 2 aliphatic rings. The minimum Gasteiger partial charge on any atom is -0.493 e. The van der Waals surface area contributed by atoms with Gasteiger partial charge in [0, 0.05) is 43.3 Å². The zero-order chi connectivity index (χ0) is 16.2. The smallest absolute Gasteiger partial charge is 0.124 e. The molecule has 24 heavy (non-hydrogen) atoms. The monoisotopic (exact) mass is 324 g/mol. The molecule has 0 saturated carbocycles. The fourth-order valence-electron chi connectivity index (χ4n) is 3.44. The zero-order valence-corrected chi connectivity index (χ0v) is 13.9. The molecule has 126 valence electrons. The zero-order valence-electron chi connectivity index (χ0n) is 13.9. The van der Waals surface area contributed by atoms with E-state index in [1.807, 2.05) is 6.07 Å². The Bertz CT molecular complexity index is 666. The molecule has 0 aromatic heterocycles. The molecule has 0 amide bonds. The molecule has 2 heterocycles. The normalized spacial score (nSPS) is 20.3. The Hall–Kier alpha value is -2.04. The summed E-state index contributed by atoms with van der Waals surface area (Å²) in [7, 11) is 0. The van der Waals surface area contributed by atoms with Crippen LogP contribution in [0.4, 0.5) is 5.69 Å². The fraction of sp³-hybridized carbons (Fsp3) is 0.400. The predicted octanol–water partition coefficient (Wildman–Crippen LogP) is 3.14. The second-order valence-electron chi connectivity index (χ2n) is 6.37. The summed E-state index contributed by atoms with van der Waals surface area (Å²) in [6.07, 6.45) is 1.02. The molecule has 0 bridgehead atoms. The first-order chi connectivity index (χ1) is 11.9. The number of nitrogens with one attached hydrogen (secondary N) is 1. The van der Waals surface area contributed by atoms with Crippen LogP contribution in [0.2, 0.25) is 0 Å². The van der Waals surface area contributed by atoms with Gasteiger partial charge in [-0.3, -0.25) is 0 Å². The first-order valence-electron chi connectivity index (χ1n) is 8.77. The van der Waals surface area contributed by atoms with Crippen molar-refractivity contribution >= 4 is 5.69 Å². The molecule has 0 radical (unpaired) electrons. The molecule has 0 spiro atoms. The molecule has 4 nitrogen and oxygen atoms in total. The van der Waals surface area contributed by atoms with Crippen molar-refractivity contribution in [2.75, 3.05) is 37.8 Å². The summed E-state index contributed by atoms with van der Waals surface area (Å²) in [4.78, 5) is 2.38. The van der Waals surface area contributed by atoms with Crippen LogP contribution in [-0.2, 0) is 11.3 Å². The number of para-hydroxylation sites is 1. The van der Waals surface area contributed by atoms with Gasteiger partial charge in [0.1, 0.15) is 5.75 Å². The summed E-state index contributed by atoms with van der Waals surface area (Å²) < 4.78 is 11.2. The van der Waals surface area contributed by atoms with Gasteiger partial charge in [0.25, 0.3) is 0 Å². The number of rotatable bonds is 4. The van der Waals surface area contributed by atoms with E-state index in [-0.39, 0.29) is 0 Å². The van der Waals surface area contributed by atoms with E-state index < -0.39 is 0 Å². The molecule has 0 unspecified atom stereocenters. The molecular formula is C20H24N2O2. The Morgan fingerprint density at radius 1 is 0.958 bits per heavy atom. The van der Waals surface area contributed by atoms with E-state index in [1.165, 1.54) is 16.8 Å². The van der Waals surface area contributed by atoms with Crippen molar-refractivity contribution in [3.8, 4) is 5.75 Å². The highest BCUT2D eigenvalue weighted by Crippen LogP contribution is 2.31. The van der Waals surface area contributed by atoms with E-state index in [0.717, 1.165) is 51.6 Å². The van der Waals surface area contributed by atoms with Crippen LogP contribution in [0, 0.1) is 0 Å². The first kappa shape index (κ1) is 15.5. The number of ether oxygens (including phenoxy) is 2. The van der Waals surface area contributed by atoms with Crippen molar-refractivity contribution in [2.24, 2.45) is 0 Å². The summed E-state index contributed by atoms with van der Waals surface area (Å²) in [6, 6.07) is 17.6. The summed E-state index contributed by atoms with van der Waals surface area (Å²) in [6.45, 7) is 5.28. The SMILES string of the molecule is c1ccc2c(c1)OCC[C@@H]2NCc1ccc(N2CCOCC2)cc1. The molecule has 1 atom stereocenters. The van der Waals surface area contributed by atoms with Crippen molar-refractivity contribution in [2.45, 2.75) is 19.0 Å². The lowest BCUT2D eigenvalue weighted by molar-refractivity contribution is 0.122. The molecule has 4 heteroatoms. The maximum atomic E-state index is 5.73. The van der Waals surface area contributed by atoms with E-state index in [1.54, 1.807) is 0 Å². The van der Waals surface area contributed by atoms with E-state index in [4.69, 9.17) is 9.47 Å². The van der Waals surface area contributed by atoms with Gasteiger partial charge in [-0.2, -0.15) is 0 Å². The van der Waals surface area contributed by atoms with Crippen LogP contribution in [-0.4, -0.2) is 32.9 Å².